The molecule has 25 heavy (non-hydrogen) atoms. The molecule has 0 bridgehead atoms. The maximum Gasteiger partial charge on any atom is 0.0602 e. The molecule has 4 heteroatoms. The van der Waals surface area contributed by atoms with Crippen molar-refractivity contribution < 1.29 is 4.74 Å². The first-order chi connectivity index (χ1) is 12.3. The molecule has 1 heterocycles. The summed E-state index contributed by atoms with van der Waals surface area (Å²) < 4.78 is 5.49. The number of rotatable bonds is 7. The molecule has 3 nitrogen and oxygen atoms in total. The topological polar surface area (TPSA) is 15.7 Å². The van der Waals surface area contributed by atoms with Gasteiger partial charge in [0.1, 0.15) is 0 Å². The third-order valence-corrected chi connectivity index (χ3v) is 5.08. The normalized spacial score (nSPS) is 17.5. The maximum atomic E-state index is 6.10. The van der Waals surface area contributed by atoms with E-state index in [1.54, 1.807) is 0 Å². The molecule has 0 spiro atoms. The highest BCUT2D eigenvalue weighted by molar-refractivity contribution is 6.30. The van der Waals surface area contributed by atoms with Crippen LogP contribution in [0, 0.1) is 0 Å². The van der Waals surface area contributed by atoms with E-state index in [1.165, 1.54) is 11.1 Å². The van der Waals surface area contributed by atoms with Gasteiger partial charge in [0.25, 0.3) is 0 Å². The van der Waals surface area contributed by atoms with Crippen LogP contribution >= 0.6 is 11.6 Å². The second kappa shape index (κ2) is 9.35. The lowest BCUT2D eigenvalue weighted by Gasteiger charge is -2.39. The Morgan fingerprint density at radius 2 is 1.56 bits per heavy atom. The Morgan fingerprint density at radius 3 is 2.20 bits per heavy atom. The minimum Gasteiger partial charge on any atom is -0.380 e. The van der Waals surface area contributed by atoms with Crippen molar-refractivity contribution in [2.24, 2.45) is 0 Å². The Balaban J connectivity index is 1.72. The number of piperazine rings is 1. The van der Waals surface area contributed by atoms with Gasteiger partial charge >= 0.3 is 0 Å². The van der Waals surface area contributed by atoms with Gasteiger partial charge in [-0.1, -0.05) is 54.1 Å². The SMILES string of the molecule is CCOCCN1CCN(C(c2ccccc2)c2ccc(Cl)cc2)CC1. The van der Waals surface area contributed by atoms with E-state index in [4.69, 9.17) is 16.3 Å². The van der Waals surface area contributed by atoms with Crippen LogP contribution in [0.3, 0.4) is 0 Å². The fraction of sp³-hybridized carbons (Fsp3) is 0.429. The Kier molecular flexibility index (Phi) is 6.88. The van der Waals surface area contributed by atoms with Crippen molar-refractivity contribution in [3.63, 3.8) is 0 Å². The van der Waals surface area contributed by atoms with Gasteiger partial charge in [0.2, 0.25) is 0 Å². The number of hydrogen-bond acceptors (Lipinski definition) is 3. The second-order valence-corrected chi connectivity index (χ2v) is 6.88. The molecule has 2 aromatic carbocycles. The van der Waals surface area contributed by atoms with E-state index in [2.05, 4.69) is 59.2 Å². The van der Waals surface area contributed by atoms with Crippen LogP contribution in [-0.4, -0.2) is 55.7 Å². The summed E-state index contributed by atoms with van der Waals surface area (Å²) in [6.45, 7) is 9.01. The van der Waals surface area contributed by atoms with Crippen LogP contribution in [0.4, 0.5) is 0 Å². The molecule has 1 aliphatic heterocycles. The van der Waals surface area contributed by atoms with E-state index in [-0.39, 0.29) is 6.04 Å². The van der Waals surface area contributed by atoms with Crippen LogP contribution in [0.25, 0.3) is 0 Å². The van der Waals surface area contributed by atoms with Crippen molar-refractivity contribution in [1.29, 1.82) is 0 Å². The van der Waals surface area contributed by atoms with E-state index in [0.29, 0.717) is 0 Å². The lowest BCUT2D eigenvalue weighted by molar-refractivity contribution is 0.0709. The van der Waals surface area contributed by atoms with Crippen molar-refractivity contribution in [2.75, 3.05) is 45.9 Å². The van der Waals surface area contributed by atoms with Crippen LogP contribution in [0.1, 0.15) is 24.1 Å². The van der Waals surface area contributed by atoms with Crippen LogP contribution in [0.5, 0.6) is 0 Å². The first-order valence-electron chi connectivity index (χ1n) is 9.12. The predicted molar refractivity (Wildman–Crippen MR) is 104 cm³/mol. The summed E-state index contributed by atoms with van der Waals surface area (Å²) in [6, 6.07) is 19.3. The zero-order chi connectivity index (χ0) is 17.5. The summed E-state index contributed by atoms with van der Waals surface area (Å²) in [6.07, 6.45) is 0. The largest absolute Gasteiger partial charge is 0.380 e. The molecule has 1 fully saturated rings. The summed E-state index contributed by atoms with van der Waals surface area (Å²) in [5.41, 5.74) is 2.64. The molecule has 0 aromatic heterocycles. The van der Waals surface area contributed by atoms with Gasteiger partial charge in [0, 0.05) is 44.4 Å². The quantitative estimate of drug-likeness (QED) is 0.693. The van der Waals surface area contributed by atoms with Gasteiger partial charge in [-0.2, -0.15) is 0 Å². The van der Waals surface area contributed by atoms with Crippen LogP contribution < -0.4 is 0 Å². The summed E-state index contributed by atoms with van der Waals surface area (Å²) in [5.74, 6) is 0. The van der Waals surface area contributed by atoms with Gasteiger partial charge in [0.15, 0.2) is 0 Å². The van der Waals surface area contributed by atoms with Crippen LogP contribution in [0.2, 0.25) is 5.02 Å². The molecule has 1 atom stereocenters. The minimum absolute atomic E-state index is 0.285. The highest BCUT2D eigenvalue weighted by atomic mass is 35.5. The molecule has 0 amide bonds. The summed E-state index contributed by atoms with van der Waals surface area (Å²) in [5, 5.41) is 0.788. The number of halogens is 1. The van der Waals surface area contributed by atoms with E-state index < -0.39 is 0 Å². The van der Waals surface area contributed by atoms with Gasteiger partial charge in [-0.05, 0) is 30.2 Å². The average molecular weight is 359 g/mol. The van der Waals surface area contributed by atoms with E-state index >= 15 is 0 Å². The zero-order valence-electron chi connectivity index (χ0n) is 14.9. The molecular formula is C21H27ClN2O. The number of nitrogens with zero attached hydrogens (tertiary/aromatic N) is 2. The van der Waals surface area contributed by atoms with Crippen molar-refractivity contribution in [1.82, 2.24) is 9.80 Å². The van der Waals surface area contributed by atoms with Crippen molar-refractivity contribution in [3.05, 3.63) is 70.7 Å². The first-order valence-corrected chi connectivity index (χ1v) is 9.50. The number of hydrogen-bond donors (Lipinski definition) is 0. The van der Waals surface area contributed by atoms with Gasteiger partial charge in [0.05, 0.1) is 12.6 Å². The number of ether oxygens (including phenoxy) is 1. The second-order valence-electron chi connectivity index (χ2n) is 6.44. The van der Waals surface area contributed by atoms with Crippen LogP contribution in [0.15, 0.2) is 54.6 Å². The van der Waals surface area contributed by atoms with Crippen molar-refractivity contribution >= 4 is 11.6 Å². The van der Waals surface area contributed by atoms with Gasteiger partial charge < -0.3 is 4.74 Å². The first kappa shape index (κ1) is 18.4. The fourth-order valence-electron chi connectivity index (χ4n) is 3.48. The van der Waals surface area contributed by atoms with E-state index in [0.717, 1.165) is 51.0 Å². The lowest BCUT2D eigenvalue weighted by Crippen LogP contribution is -2.48. The van der Waals surface area contributed by atoms with Gasteiger partial charge in [-0.15, -0.1) is 0 Å². The predicted octanol–water partition coefficient (Wildman–Crippen LogP) is 4.08. The maximum absolute atomic E-state index is 6.10. The molecule has 0 N–H and O–H groups in total. The standard InChI is InChI=1S/C21H27ClN2O/c1-2-25-17-16-23-12-14-24(15-13-23)21(18-6-4-3-5-7-18)19-8-10-20(22)11-9-19/h3-11,21H,2,12-17H2,1H3. The Bertz CT molecular complexity index is 624. The highest BCUT2D eigenvalue weighted by Gasteiger charge is 2.26. The Morgan fingerprint density at radius 1 is 0.920 bits per heavy atom. The minimum atomic E-state index is 0.285. The molecular weight excluding hydrogens is 332 g/mol. The third kappa shape index (κ3) is 5.05. The summed E-state index contributed by atoms with van der Waals surface area (Å²) in [7, 11) is 0. The van der Waals surface area contributed by atoms with Gasteiger partial charge in [-0.3, -0.25) is 9.80 Å². The molecule has 0 aliphatic carbocycles. The molecule has 3 rings (SSSR count). The van der Waals surface area contributed by atoms with Crippen LogP contribution in [-0.2, 0) is 4.74 Å². The Labute approximate surface area is 156 Å². The lowest BCUT2D eigenvalue weighted by atomic mass is 9.96. The molecule has 0 radical (unpaired) electrons. The summed E-state index contributed by atoms with van der Waals surface area (Å²) in [4.78, 5) is 5.08. The molecule has 0 saturated carbocycles. The molecule has 2 aromatic rings. The Hall–Kier alpha value is -1.39. The molecule has 1 unspecified atom stereocenters. The smallest absolute Gasteiger partial charge is 0.0602 e. The molecule has 1 saturated heterocycles. The van der Waals surface area contributed by atoms with Crippen molar-refractivity contribution in [3.8, 4) is 0 Å². The van der Waals surface area contributed by atoms with E-state index in [1.807, 2.05) is 12.1 Å². The number of benzene rings is 2. The summed E-state index contributed by atoms with van der Waals surface area (Å²) >= 11 is 6.10. The van der Waals surface area contributed by atoms with E-state index in [9.17, 15) is 0 Å². The molecule has 1 aliphatic rings. The van der Waals surface area contributed by atoms with Gasteiger partial charge in [-0.25, -0.2) is 0 Å². The fourth-order valence-corrected chi connectivity index (χ4v) is 3.60. The third-order valence-electron chi connectivity index (χ3n) is 4.83. The monoisotopic (exact) mass is 358 g/mol. The highest BCUT2D eigenvalue weighted by Crippen LogP contribution is 2.30. The van der Waals surface area contributed by atoms with Crippen molar-refractivity contribution in [2.45, 2.75) is 13.0 Å². The molecule has 134 valence electrons. The average Bonchev–Trinajstić information content (AvgIpc) is 2.66. The zero-order valence-corrected chi connectivity index (χ0v) is 15.7.